The van der Waals surface area contributed by atoms with E-state index in [9.17, 15) is 14.4 Å². The molecule has 0 saturated carbocycles. The molecule has 0 unspecified atom stereocenters. The van der Waals surface area contributed by atoms with Crippen molar-refractivity contribution in [3.05, 3.63) is 87.1 Å². The van der Waals surface area contributed by atoms with Crippen LogP contribution in [0.3, 0.4) is 0 Å². The van der Waals surface area contributed by atoms with Crippen LogP contribution in [0.1, 0.15) is 29.3 Å². The highest BCUT2D eigenvalue weighted by molar-refractivity contribution is 5.80. The second-order valence-corrected chi connectivity index (χ2v) is 7.11. The molecule has 0 saturated heterocycles. The molecule has 7 nitrogen and oxygen atoms in total. The van der Waals surface area contributed by atoms with Gasteiger partial charge in [0.15, 0.2) is 11.5 Å². The molecule has 0 N–H and O–H groups in total. The minimum atomic E-state index is -0.461. The molecule has 8 heteroatoms. The first kappa shape index (κ1) is 23.5. The molecule has 3 rings (SSSR count). The third kappa shape index (κ3) is 5.98. The van der Waals surface area contributed by atoms with Gasteiger partial charge in [0, 0.05) is 5.69 Å². The van der Waals surface area contributed by atoms with Crippen LogP contribution < -0.4 is 19.8 Å². The van der Waals surface area contributed by atoms with Crippen LogP contribution in [-0.4, -0.2) is 30.7 Å². The van der Waals surface area contributed by atoms with E-state index in [-0.39, 0.29) is 24.6 Å². The molecule has 3 aromatic rings. The van der Waals surface area contributed by atoms with Crippen molar-refractivity contribution < 1.29 is 18.6 Å². The molecular weight excluding hydrogens is 425 g/mol. The zero-order valence-electron chi connectivity index (χ0n) is 18.7. The Kier molecular flexibility index (Phi) is 7.82. The Labute approximate surface area is 191 Å². The number of nitrogens with zero attached hydrogens (tertiary/aromatic N) is 3. The average molecular weight is 449 g/mol. The van der Waals surface area contributed by atoms with Crippen molar-refractivity contribution in [1.82, 2.24) is 4.68 Å². The number of benzene rings is 2. The summed E-state index contributed by atoms with van der Waals surface area (Å²) in [5, 5.41) is 13.5. The Morgan fingerprint density at radius 2 is 1.76 bits per heavy atom. The van der Waals surface area contributed by atoms with Gasteiger partial charge in [-0.05, 0) is 80.4 Å². The van der Waals surface area contributed by atoms with Crippen LogP contribution in [0.15, 0.2) is 58.4 Å². The summed E-state index contributed by atoms with van der Waals surface area (Å²) < 4.78 is 31.1. The summed E-state index contributed by atoms with van der Waals surface area (Å²) in [5.74, 6) is 1.29. The third-order valence-electron chi connectivity index (χ3n) is 4.69. The fourth-order valence-corrected chi connectivity index (χ4v) is 3.12. The number of rotatable bonds is 9. The Morgan fingerprint density at radius 1 is 1.03 bits per heavy atom. The van der Waals surface area contributed by atoms with Crippen LogP contribution in [0, 0.1) is 31.0 Å². The molecule has 0 bridgehead atoms. The Morgan fingerprint density at radius 3 is 2.45 bits per heavy atom. The number of hydrogen-bond acceptors (Lipinski definition) is 6. The first-order valence-electron chi connectivity index (χ1n) is 10.4. The topological polar surface area (TPSA) is 85.8 Å². The highest BCUT2D eigenvalue weighted by Gasteiger charge is 2.10. The predicted molar refractivity (Wildman–Crippen MR) is 123 cm³/mol. The molecule has 0 aliphatic rings. The first-order valence-corrected chi connectivity index (χ1v) is 10.4. The third-order valence-corrected chi connectivity index (χ3v) is 4.69. The lowest BCUT2D eigenvalue weighted by Gasteiger charge is -2.13. The van der Waals surface area contributed by atoms with Crippen molar-refractivity contribution in [2.24, 2.45) is 5.10 Å². The van der Waals surface area contributed by atoms with Gasteiger partial charge in [0.25, 0.3) is 5.56 Å². The van der Waals surface area contributed by atoms with E-state index in [4.69, 9.17) is 14.2 Å². The molecule has 0 radical (unpaired) electrons. The van der Waals surface area contributed by atoms with Gasteiger partial charge in [0.1, 0.15) is 36.4 Å². The maximum atomic E-state index is 13.0. The summed E-state index contributed by atoms with van der Waals surface area (Å²) in [6, 6.07) is 14.7. The minimum absolute atomic E-state index is 0.0689. The fourth-order valence-electron chi connectivity index (χ4n) is 3.12. The van der Waals surface area contributed by atoms with Crippen molar-refractivity contribution in [3.8, 4) is 23.3 Å². The van der Waals surface area contributed by atoms with E-state index in [1.807, 2.05) is 13.0 Å². The fraction of sp³-hybridized carbons (Fsp3) is 0.240. The van der Waals surface area contributed by atoms with E-state index >= 15 is 0 Å². The molecule has 1 aromatic heterocycles. The van der Waals surface area contributed by atoms with Gasteiger partial charge < -0.3 is 14.2 Å². The van der Waals surface area contributed by atoms with Gasteiger partial charge in [-0.3, -0.25) is 4.79 Å². The van der Waals surface area contributed by atoms with E-state index in [0.717, 1.165) is 0 Å². The second kappa shape index (κ2) is 11.0. The molecule has 0 fully saturated rings. The number of nitriles is 1. The summed E-state index contributed by atoms with van der Waals surface area (Å²) in [6.07, 6.45) is 1.52. The van der Waals surface area contributed by atoms with E-state index in [0.29, 0.717) is 40.7 Å². The number of ether oxygens (including phenoxy) is 3. The standard InChI is InChI=1S/C25H24FN3O4/c1-4-31-24-14-19(16-28-29-18(3)13-17(2)22(15-27)25(29)30)5-10-23(24)33-12-11-32-21-8-6-20(26)7-9-21/h5-10,13-14,16H,4,11-12H2,1-3H3/b28-16+. The monoisotopic (exact) mass is 449 g/mol. The number of pyridine rings is 1. The lowest BCUT2D eigenvalue weighted by Crippen LogP contribution is -2.22. The summed E-state index contributed by atoms with van der Waals surface area (Å²) >= 11 is 0. The Balaban J connectivity index is 1.71. The Hall–Kier alpha value is -4.12. The van der Waals surface area contributed by atoms with Crippen LogP contribution in [0.2, 0.25) is 0 Å². The predicted octanol–water partition coefficient (Wildman–Crippen LogP) is 4.21. The zero-order valence-corrected chi connectivity index (χ0v) is 18.7. The number of halogens is 1. The van der Waals surface area contributed by atoms with Gasteiger partial charge in [-0.2, -0.15) is 10.4 Å². The average Bonchev–Trinajstić information content (AvgIpc) is 2.79. The van der Waals surface area contributed by atoms with Gasteiger partial charge >= 0.3 is 0 Å². The SMILES string of the molecule is CCOc1cc(/C=N/n2c(C)cc(C)c(C#N)c2=O)ccc1OCCOc1ccc(F)cc1. The quantitative estimate of drug-likeness (QED) is 0.361. The highest BCUT2D eigenvalue weighted by atomic mass is 19.1. The Bertz CT molecular complexity index is 1240. The van der Waals surface area contributed by atoms with Crippen molar-refractivity contribution in [2.75, 3.05) is 19.8 Å². The van der Waals surface area contributed by atoms with Gasteiger partial charge in [-0.1, -0.05) is 0 Å². The maximum absolute atomic E-state index is 13.0. The van der Waals surface area contributed by atoms with E-state index in [1.54, 1.807) is 50.2 Å². The molecule has 1 heterocycles. The summed E-state index contributed by atoms with van der Waals surface area (Å²) in [5.41, 5.74) is 1.55. The number of aromatic nitrogens is 1. The van der Waals surface area contributed by atoms with Gasteiger partial charge in [0.2, 0.25) is 0 Å². The highest BCUT2D eigenvalue weighted by Crippen LogP contribution is 2.28. The molecule has 0 aliphatic carbocycles. The van der Waals surface area contributed by atoms with E-state index < -0.39 is 5.56 Å². The smallest absolute Gasteiger partial charge is 0.289 e. The van der Waals surface area contributed by atoms with Gasteiger partial charge in [-0.15, -0.1) is 0 Å². The van der Waals surface area contributed by atoms with Crippen LogP contribution in [0.25, 0.3) is 0 Å². The van der Waals surface area contributed by atoms with E-state index in [1.165, 1.54) is 23.0 Å². The van der Waals surface area contributed by atoms with Crippen LogP contribution in [0.4, 0.5) is 4.39 Å². The normalized spacial score (nSPS) is 10.8. The van der Waals surface area contributed by atoms with Crippen LogP contribution in [-0.2, 0) is 0 Å². The zero-order chi connectivity index (χ0) is 23.8. The van der Waals surface area contributed by atoms with Crippen molar-refractivity contribution >= 4 is 6.21 Å². The summed E-state index contributed by atoms with van der Waals surface area (Å²) in [6.45, 7) is 6.31. The molecule has 2 aromatic carbocycles. The largest absolute Gasteiger partial charge is 0.490 e. The first-order chi connectivity index (χ1) is 15.9. The number of hydrogen-bond donors (Lipinski definition) is 0. The van der Waals surface area contributed by atoms with Gasteiger partial charge in [0.05, 0.1) is 12.8 Å². The molecule has 170 valence electrons. The molecule has 0 spiro atoms. The van der Waals surface area contributed by atoms with Crippen LogP contribution >= 0.6 is 0 Å². The lowest BCUT2D eigenvalue weighted by atomic mass is 10.1. The molecule has 0 aliphatic heterocycles. The number of aryl methyl sites for hydroxylation is 2. The second-order valence-electron chi connectivity index (χ2n) is 7.11. The van der Waals surface area contributed by atoms with Crippen molar-refractivity contribution in [3.63, 3.8) is 0 Å². The minimum Gasteiger partial charge on any atom is -0.490 e. The summed E-state index contributed by atoms with van der Waals surface area (Å²) in [7, 11) is 0. The molecule has 0 atom stereocenters. The summed E-state index contributed by atoms with van der Waals surface area (Å²) in [4.78, 5) is 12.5. The lowest BCUT2D eigenvalue weighted by molar-refractivity contribution is 0.208. The van der Waals surface area contributed by atoms with Crippen LogP contribution in [0.5, 0.6) is 17.2 Å². The van der Waals surface area contributed by atoms with Gasteiger partial charge in [-0.25, -0.2) is 9.07 Å². The maximum Gasteiger partial charge on any atom is 0.289 e. The molecule has 33 heavy (non-hydrogen) atoms. The van der Waals surface area contributed by atoms with Crippen molar-refractivity contribution in [2.45, 2.75) is 20.8 Å². The van der Waals surface area contributed by atoms with Crippen molar-refractivity contribution in [1.29, 1.82) is 5.26 Å². The molecule has 0 amide bonds. The molecular formula is C25H24FN3O4. The van der Waals surface area contributed by atoms with E-state index in [2.05, 4.69) is 5.10 Å².